The molecule has 24 heavy (non-hydrogen) atoms. The van der Waals surface area contributed by atoms with Crippen molar-refractivity contribution in [2.24, 2.45) is 0 Å². The van der Waals surface area contributed by atoms with Crippen LogP contribution in [0.2, 0.25) is 0 Å². The smallest absolute Gasteiger partial charge is 0.273 e. The summed E-state index contributed by atoms with van der Waals surface area (Å²) in [7, 11) is 0. The van der Waals surface area contributed by atoms with Crippen molar-refractivity contribution in [3.63, 3.8) is 0 Å². The van der Waals surface area contributed by atoms with Crippen molar-refractivity contribution in [3.8, 4) is 11.5 Å². The maximum atomic E-state index is 12.1. The number of furan rings is 1. The second kappa shape index (κ2) is 7.94. The van der Waals surface area contributed by atoms with E-state index in [1.807, 2.05) is 11.4 Å². The quantitative estimate of drug-likeness (QED) is 0.653. The van der Waals surface area contributed by atoms with Gasteiger partial charge in [0.25, 0.3) is 5.91 Å². The Morgan fingerprint density at radius 3 is 2.92 bits per heavy atom. The molecule has 1 atom stereocenters. The number of hydrogen-bond acceptors (Lipinski definition) is 6. The standard InChI is InChI=1S/C17H18N2O4S/c20-8-6-12(16-4-2-10-24-16)5-7-18-17(21)13-11-15(23-19-13)14-3-1-9-22-14/h1-4,9-12,20H,5-8H2,(H,18,21)/t12-/m1/s1. The Hall–Kier alpha value is -2.38. The number of carbonyl (C=O) groups is 1. The molecular formula is C17H18N2O4S. The number of aromatic nitrogens is 1. The van der Waals surface area contributed by atoms with Crippen molar-refractivity contribution >= 4 is 17.2 Å². The number of thiophene rings is 1. The van der Waals surface area contributed by atoms with Crippen LogP contribution in [-0.2, 0) is 0 Å². The van der Waals surface area contributed by atoms with Gasteiger partial charge in [0, 0.05) is 24.1 Å². The van der Waals surface area contributed by atoms with E-state index in [4.69, 9.17) is 8.94 Å². The Kier molecular flexibility index (Phi) is 5.45. The molecule has 0 saturated heterocycles. The average molecular weight is 346 g/mol. The van der Waals surface area contributed by atoms with Crippen LogP contribution in [0.3, 0.4) is 0 Å². The first-order valence-corrected chi connectivity index (χ1v) is 8.59. The predicted molar refractivity (Wildman–Crippen MR) is 89.9 cm³/mol. The van der Waals surface area contributed by atoms with Gasteiger partial charge >= 0.3 is 0 Å². The first-order valence-electron chi connectivity index (χ1n) is 7.71. The molecule has 0 saturated carbocycles. The zero-order valence-electron chi connectivity index (χ0n) is 13.0. The van der Waals surface area contributed by atoms with Crippen molar-refractivity contribution in [2.75, 3.05) is 13.2 Å². The Morgan fingerprint density at radius 2 is 2.21 bits per heavy atom. The molecule has 0 unspecified atom stereocenters. The third-order valence-electron chi connectivity index (χ3n) is 3.71. The van der Waals surface area contributed by atoms with Crippen LogP contribution in [0.15, 0.2) is 50.9 Å². The molecule has 3 rings (SSSR count). The largest absolute Gasteiger partial charge is 0.461 e. The Morgan fingerprint density at radius 1 is 1.29 bits per heavy atom. The molecule has 0 spiro atoms. The van der Waals surface area contributed by atoms with Crippen molar-refractivity contribution in [1.29, 1.82) is 0 Å². The molecule has 2 N–H and O–H groups in total. The van der Waals surface area contributed by atoms with Gasteiger partial charge in [-0.15, -0.1) is 11.3 Å². The van der Waals surface area contributed by atoms with Crippen molar-refractivity contribution in [3.05, 3.63) is 52.5 Å². The van der Waals surface area contributed by atoms with Gasteiger partial charge in [-0.2, -0.15) is 0 Å². The summed E-state index contributed by atoms with van der Waals surface area (Å²) in [6, 6.07) is 9.08. The molecule has 3 aromatic rings. The van der Waals surface area contributed by atoms with Gasteiger partial charge in [-0.3, -0.25) is 4.79 Å². The minimum atomic E-state index is -0.287. The molecule has 6 nitrogen and oxygen atoms in total. The second-order valence-corrected chi connectivity index (χ2v) is 6.30. The average Bonchev–Trinajstić information content (AvgIpc) is 3.35. The summed E-state index contributed by atoms with van der Waals surface area (Å²) >= 11 is 1.67. The molecule has 0 aromatic carbocycles. The van der Waals surface area contributed by atoms with E-state index in [1.54, 1.807) is 29.5 Å². The van der Waals surface area contributed by atoms with E-state index in [1.165, 1.54) is 11.1 Å². The third-order valence-corrected chi connectivity index (χ3v) is 4.74. The first kappa shape index (κ1) is 16.5. The SMILES string of the molecule is O=C(NCC[C@H](CCO)c1cccs1)c1cc(-c2ccco2)on1. The Bertz CT molecular complexity index is 750. The van der Waals surface area contributed by atoms with E-state index in [0.29, 0.717) is 24.5 Å². The summed E-state index contributed by atoms with van der Waals surface area (Å²) in [6.45, 7) is 0.636. The zero-order chi connectivity index (χ0) is 16.8. The van der Waals surface area contributed by atoms with Gasteiger partial charge in [0.1, 0.15) is 0 Å². The lowest BCUT2D eigenvalue weighted by Gasteiger charge is -2.14. The normalized spacial score (nSPS) is 12.2. The van der Waals surface area contributed by atoms with Gasteiger partial charge in [0.2, 0.25) is 5.76 Å². The maximum absolute atomic E-state index is 12.1. The van der Waals surface area contributed by atoms with E-state index >= 15 is 0 Å². The number of carbonyl (C=O) groups excluding carboxylic acids is 1. The summed E-state index contributed by atoms with van der Waals surface area (Å²) in [5.74, 6) is 0.904. The molecule has 3 heterocycles. The van der Waals surface area contributed by atoms with E-state index < -0.39 is 0 Å². The number of nitrogens with one attached hydrogen (secondary N) is 1. The summed E-state index contributed by atoms with van der Waals surface area (Å²) in [6.07, 6.45) is 2.97. The van der Waals surface area contributed by atoms with Gasteiger partial charge in [0.15, 0.2) is 11.5 Å². The minimum Gasteiger partial charge on any atom is -0.461 e. The number of aliphatic hydroxyl groups excluding tert-OH is 1. The lowest BCUT2D eigenvalue weighted by atomic mass is 10.00. The van der Waals surface area contributed by atoms with E-state index in [2.05, 4.69) is 16.5 Å². The molecule has 7 heteroatoms. The number of amides is 1. The van der Waals surface area contributed by atoms with Crippen molar-refractivity contribution in [2.45, 2.75) is 18.8 Å². The third kappa shape index (κ3) is 3.93. The fraction of sp³-hybridized carbons (Fsp3) is 0.294. The summed E-state index contributed by atoms with van der Waals surface area (Å²) in [4.78, 5) is 13.4. The molecule has 0 aliphatic heterocycles. The molecule has 3 aromatic heterocycles. The van der Waals surface area contributed by atoms with Gasteiger partial charge in [-0.1, -0.05) is 11.2 Å². The number of rotatable bonds is 8. The van der Waals surface area contributed by atoms with Crippen LogP contribution < -0.4 is 5.32 Å². The fourth-order valence-corrected chi connectivity index (χ4v) is 3.38. The van der Waals surface area contributed by atoms with Crippen LogP contribution >= 0.6 is 11.3 Å². The molecule has 1 amide bonds. The van der Waals surface area contributed by atoms with Crippen LogP contribution in [0.4, 0.5) is 0 Å². The van der Waals surface area contributed by atoms with E-state index in [-0.39, 0.29) is 24.1 Å². The van der Waals surface area contributed by atoms with Crippen LogP contribution in [0.5, 0.6) is 0 Å². The Labute approximate surface area is 143 Å². The van der Waals surface area contributed by atoms with Crippen LogP contribution in [0.25, 0.3) is 11.5 Å². The monoisotopic (exact) mass is 346 g/mol. The van der Waals surface area contributed by atoms with Crippen LogP contribution in [0, 0.1) is 0 Å². The molecule has 0 bridgehead atoms. The molecule has 0 fully saturated rings. The van der Waals surface area contributed by atoms with Crippen molar-refractivity contribution in [1.82, 2.24) is 10.5 Å². The molecule has 126 valence electrons. The second-order valence-electron chi connectivity index (χ2n) is 5.32. The number of hydrogen-bond donors (Lipinski definition) is 2. The summed E-state index contributed by atoms with van der Waals surface area (Å²) in [5.41, 5.74) is 0.219. The van der Waals surface area contributed by atoms with Gasteiger partial charge in [0.05, 0.1) is 6.26 Å². The molecule has 0 radical (unpaired) electrons. The first-order chi connectivity index (χ1) is 11.8. The zero-order valence-corrected chi connectivity index (χ0v) is 13.8. The highest BCUT2D eigenvalue weighted by Crippen LogP contribution is 2.27. The van der Waals surface area contributed by atoms with E-state index in [9.17, 15) is 9.90 Å². The number of aliphatic hydroxyl groups is 1. The predicted octanol–water partition coefficient (Wildman–Crippen LogP) is 3.28. The van der Waals surface area contributed by atoms with Crippen molar-refractivity contribution < 1.29 is 18.8 Å². The fourth-order valence-electron chi connectivity index (χ4n) is 2.48. The minimum absolute atomic E-state index is 0.131. The summed E-state index contributed by atoms with van der Waals surface area (Å²) in [5, 5.41) is 17.8. The molecular weight excluding hydrogens is 328 g/mol. The topological polar surface area (TPSA) is 88.5 Å². The molecule has 0 aliphatic carbocycles. The van der Waals surface area contributed by atoms with Gasteiger partial charge in [-0.25, -0.2) is 0 Å². The highest BCUT2D eigenvalue weighted by molar-refractivity contribution is 7.10. The highest BCUT2D eigenvalue weighted by atomic mass is 32.1. The van der Waals surface area contributed by atoms with Gasteiger partial charge < -0.3 is 19.4 Å². The maximum Gasteiger partial charge on any atom is 0.273 e. The lowest BCUT2D eigenvalue weighted by Crippen LogP contribution is -2.26. The van der Waals surface area contributed by atoms with Crippen LogP contribution in [-0.4, -0.2) is 29.3 Å². The van der Waals surface area contributed by atoms with Gasteiger partial charge in [-0.05, 0) is 42.3 Å². The summed E-state index contributed by atoms with van der Waals surface area (Å²) < 4.78 is 10.3. The number of nitrogens with zero attached hydrogens (tertiary/aromatic N) is 1. The molecule has 0 aliphatic rings. The Balaban J connectivity index is 1.53. The van der Waals surface area contributed by atoms with E-state index in [0.717, 1.165) is 6.42 Å². The van der Waals surface area contributed by atoms with Crippen LogP contribution in [0.1, 0.15) is 34.1 Å². The lowest BCUT2D eigenvalue weighted by molar-refractivity contribution is 0.0943. The highest BCUT2D eigenvalue weighted by Gasteiger charge is 2.16.